The summed E-state index contributed by atoms with van der Waals surface area (Å²) >= 11 is 0. The van der Waals surface area contributed by atoms with Crippen molar-refractivity contribution in [1.82, 2.24) is 15.5 Å². The van der Waals surface area contributed by atoms with Gasteiger partial charge in [0.1, 0.15) is 5.75 Å². The minimum atomic E-state index is -2.93. The lowest BCUT2D eigenvalue weighted by atomic mass is 10.1. The van der Waals surface area contributed by atoms with Gasteiger partial charge in [-0.2, -0.15) is 8.78 Å². The quantitative estimate of drug-likeness (QED) is 0.467. The molecule has 1 atom stereocenters. The molecule has 0 aromatic heterocycles. The van der Waals surface area contributed by atoms with Crippen LogP contribution < -0.4 is 24.8 Å². The molecule has 0 saturated heterocycles. The molecule has 1 unspecified atom stereocenters. The highest BCUT2D eigenvalue weighted by Crippen LogP contribution is 2.38. The molecule has 0 bridgehead atoms. The van der Waals surface area contributed by atoms with E-state index in [1.165, 1.54) is 11.6 Å². The lowest BCUT2D eigenvalue weighted by Crippen LogP contribution is -2.45. The monoisotopic (exact) mass is 434 g/mol. The van der Waals surface area contributed by atoms with Crippen LogP contribution >= 0.6 is 0 Å². The molecule has 2 aromatic carbocycles. The maximum Gasteiger partial charge on any atom is 0.387 e. The Balaban J connectivity index is 1.61. The fraction of sp³-hybridized carbons (Fsp3) is 0.409. The van der Waals surface area contributed by atoms with Crippen LogP contribution in [0, 0.1) is 0 Å². The minimum Gasteiger partial charge on any atom is -0.454 e. The van der Waals surface area contributed by atoms with Gasteiger partial charge in [0.15, 0.2) is 17.5 Å². The van der Waals surface area contributed by atoms with E-state index in [9.17, 15) is 8.78 Å². The standard InChI is InChI=1S/C22H28F2N4O3/c1-25-22(27-13-17(28(2)3)9-15-7-5-4-6-8-15)26-12-16-10-19-20(30-14-29-19)11-18(16)31-21(23)24/h4-8,10-11,17,21H,9,12-14H2,1-3H3,(H2,25,26,27). The summed E-state index contributed by atoms with van der Waals surface area (Å²) in [6.07, 6.45) is 0.881. The number of likely N-dealkylation sites (N-methyl/N-ethyl adjacent to an activating group) is 1. The van der Waals surface area contributed by atoms with Crippen LogP contribution in [0.25, 0.3) is 0 Å². The molecule has 0 amide bonds. The molecule has 31 heavy (non-hydrogen) atoms. The lowest BCUT2D eigenvalue weighted by molar-refractivity contribution is -0.0505. The third-order valence-corrected chi connectivity index (χ3v) is 4.99. The average Bonchev–Trinajstić information content (AvgIpc) is 3.20. The zero-order chi connectivity index (χ0) is 22.2. The molecule has 1 aliphatic heterocycles. The van der Waals surface area contributed by atoms with Gasteiger partial charge in [0, 0.05) is 37.8 Å². The normalized spacial score (nSPS) is 14.1. The number of hydrogen-bond donors (Lipinski definition) is 2. The largest absolute Gasteiger partial charge is 0.454 e. The number of nitrogens with one attached hydrogen (secondary N) is 2. The Morgan fingerprint density at radius 1 is 1.13 bits per heavy atom. The third-order valence-electron chi connectivity index (χ3n) is 4.99. The Hall–Kier alpha value is -3.07. The molecule has 2 N–H and O–H groups in total. The van der Waals surface area contributed by atoms with E-state index < -0.39 is 6.61 Å². The van der Waals surface area contributed by atoms with Gasteiger partial charge in [-0.15, -0.1) is 0 Å². The summed E-state index contributed by atoms with van der Waals surface area (Å²) in [6.45, 7) is -2.00. The highest BCUT2D eigenvalue weighted by atomic mass is 19.3. The van der Waals surface area contributed by atoms with E-state index in [1.807, 2.05) is 32.3 Å². The summed E-state index contributed by atoms with van der Waals surface area (Å²) in [7, 11) is 5.73. The van der Waals surface area contributed by atoms with Gasteiger partial charge in [0.25, 0.3) is 0 Å². The Morgan fingerprint density at radius 3 is 2.48 bits per heavy atom. The van der Waals surface area contributed by atoms with Gasteiger partial charge in [-0.05, 0) is 32.1 Å². The van der Waals surface area contributed by atoms with Gasteiger partial charge < -0.3 is 29.7 Å². The van der Waals surface area contributed by atoms with Crippen molar-refractivity contribution in [3.63, 3.8) is 0 Å². The van der Waals surface area contributed by atoms with E-state index in [-0.39, 0.29) is 25.1 Å². The molecule has 0 aliphatic carbocycles. The molecule has 7 nitrogen and oxygen atoms in total. The van der Waals surface area contributed by atoms with Gasteiger partial charge in [0.05, 0.1) is 0 Å². The first-order valence-electron chi connectivity index (χ1n) is 9.98. The molecule has 2 aromatic rings. The Kier molecular flexibility index (Phi) is 7.88. The molecule has 0 saturated carbocycles. The number of aliphatic imine (C=N–C) groups is 1. The van der Waals surface area contributed by atoms with Crippen LogP contribution in [0.4, 0.5) is 8.78 Å². The average molecular weight is 434 g/mol. The lowest BCUT2D eigenvalue weighted by Gasteiger charge is -2.26. The van der Waals surface area contributed by atoms with Crippen LogP contribution in [0.5, 0.6) is 17.2 Å². The van der Waals surface area contributed by atoms with Crippen LogP contribution in [0.2, 0.25) is 0 Å². The highest BCUT2D eigenvalue weighted by molar-refractivity contribution is 5.79. The molecule has 3 rings (SSSR count). The summed E-state index contributed by atoms with van der Waals surface area (Å²) in [5, 5.41) is 6.45. The first-order valence-corrected chi connectivity index (χ1v) is 9.98. The van der Waals surface area contributed by atoms with Crippen LogP contribution in [-0.4, -0.2) is 58.0 Å². The van der Waals surface area contributed by atoms with E-state index in [0.717, 1.165) is 6.42 Å². The number of alkyl halides is 2. The second-order valence-electron chi connectivity index (χ2n) is 7.31. The molecule has 0 fully saturated rings. The van der Waals surface area contributed by atoms with Crippen molar-refractivity contribution in [2.75, 3.05) is 34.5 Å². The Bertz CT molecular complexity index is 879. The molecule has 1 aliphatic rings. The molecule has 1 heterocycles. The summed E-state index contributed by atoms with van der Waals surface area (Å²) < 4.78 is 40.9. The number of nitrogens with zero attached hydrogens (tertiary/aromatic N) is 2. The smallest absolute Gasteiger partial charge is 0.387 e. The Morgan fingerprint density at radius 2 is 1.84 bits per heavy atom. The second kappa shape index (κ2) is 10.8. The second-order valence-corrected chi connectivity index (χ2v) is 7.31. The Labute approximate surface area is 181 Å². The van der Waals surface area contributed by atoms with Crippen molar-refractivity contribution < 1.29 is 23.0 Å². The van der Waals surface area contributed by atoms with E-state index >= 15 is 0 Å². The third kappa shape index (κ3) is 6.45. The first kappa shape index (κ1) is 22.6. The van der Waals surface area contributed by atoms with Gasteiger partial charge in [0.2, 0.25) is 6.79 Å². The van der Waals surface area contributed by atoms with E-state index in [4.69, 9.17) is 9.47 Å². The summed E-state index contributed by atoms with van der Waals surface area (Å²) in [6, 6.07) is 13.6. The number of ether oxygens (including phenoxy) is 3. The number of benzene rings is 2. The molecule has 9 heteroatoms. The predicted molar refractivity (Wildman–Crippen MR) is 115 cm³/mol. The van der Waals surface area contributed by atoms with Crippen molar-refractivity contribution in [2.45, 2.75) is 25.6 Å². The molecule has 0 spiro atoms. The van der Waals surface area contributed by atoms with E-state index in [1.54, 1.807) is 13.1 Å². The zero-order valence-corrected chi connectivity index (χ0v) is 17.9. The minimum absolute atomic E-state index is 0.0393. The SMILES string of the molecule is CN=C(NCc1cc2c(cc1OC(F)F)OCO2)NCC(Cc1ccccc1)N(C)C. The van der Waals surface area contributed by atoms with Gasteiger partial charge in [-0.1, -0.05) is 30.3 Å². The number of fused-ring (bicyclic) bond motifs is 1. The van der Waals surface area contributed by atoms with Gasteiger partial charge in [-0.3, -0.25) is 4.99 Å². The molecule has 168 valence electrons. The molecular formula is C22H28F2N4O3. The summed E-state index contributed by atoms with van der Waals surface area (Å²) in [5.41, 5.74) is 1.76. The fourth-order valence-corrected chi connectivity index (χ4v) is 3.25. The van der Waals surface area contributed by atoms with Crippen LogP contribution in [0.15, 0.2) is 47.5 Å². The number of halogens is 2. The zero-order valence-electron chi connectivity index (χ0n) is 17.9. The number of rotatable bonds is 9. The molecule has 0 radical (unpaired) electrons. The number of hydrogen-bond acceptors (Lipinski definition) is 5. The maximum absolute atomic E-state index is 12.8. The van der Waals surface area contributed by atoms with Crippen molar-refractivity contribution in [1.29, 1.82) is 0 Å². The van der Waals surface area contributed by atoms with Gasteiger partial charge in [-0.25, -0.2) is 0 Å². The predicted octanol–water partition coefficient (Wildman–Crippen LogP) is 2.85. The van der Waals surface area contributed by atoms with Crippen molar-refractivity contribution in [3.8, 4) is 17.2 Å². The van der Waals surface area contributed by atoms with Crippen molar-refractivity contribution >= 4 is 5.96 Å². The van der Waals surface area contributed by atoms with Crippen LogP contribution in [0.1, 0.15) is 11.1 Å². The van der Waals surface area contributed by atoms with Crippen LogP contribution in [-0.2, 0) is 13.0 Å². The number of guanidine groups is 1. The van der Waals surface area contributed by atoms with E-state index in [2.05, 4.69) is 37.4 Å². The summed E-state index contributed by atoms with van der Waals surface area (Å²) in [5.74, 6) is 1.48. The van der Waals surface area contributed by atoms with Crippen LogP contribution in [0.3, 0.4) is 0 Å². The topological polar surface area (TPSA) is 67.4 Å². The highest BCUT2D eigenvalue weighted by Gasteiger charge is 2.20. The maximum atomic E-state index is 12.8. The summed E-state index contributed by atoms with van der Waals surface area (Å²) in [4.78, 5) is 6.39. The fourth-order valence-electron chi connectivity index (χ4n) is 3.25. The van der Waals surface area contributed by atoms with Crippen molar-refractivity contribution in [3.05, 3.63) is 53.6 Å². The van der Waals surface area contributed by atoms with Crippen molar-refractivity contribution in [2.24, 2.45) is 4.99 Å². The van der Waals surface area contributed by atoms with Gasteiger partial charge >= 0.3 is 6.61 Å². The first-order chi connectivity index (χ1) is 15.0. The molecular weight excluding hydrogens is 406 g/mol. The van der Waals surface area contributed by atoms with E-state index in [0.29, 0.717) is 29.6 Å².